The van der Waals surface area contributed by atoms with Gasteiger partial charge in [0.15, 0.2) is 7.14 Å². The Morgan fingerprint density at radius 1 is 0.667 bits per heavy atom. The fourth-order valence-corrected chi connectivity index (χ4v) is 6.53. The van der Waals surface area contributed by atoms with E-state index in [2.05, 4.69) is 6.07 Å². The lowest BCUT2D eigenvalue weighted by atomic mass is 10.1. The van der Waals surface area contributed by atoms with Crippen molar-refractivity contribution in [3.8, 4) is 0 Å². The molecule has 0 aliphatic carbocycles. The lowest BCUT2D eigenvalue weighted by Crippen LogP contribution is -2.27. The first kappa shape index (κ1) is 17.7. The molecule has 0 heterocycles. The van der Waals surface area contributed by atoms with E-state index in [1.165, 1.54) is 0 Å². The lowest BCUT2D eigenvalue weighted by Gasteiger charge is -2.23. The maximum atomic E-state index is 14.7. The van der Waals surface area contributed by atoms with Crippen LogP contribution in [-0.2, 0) is 11.0 Å². The van der Waals surface area contributed by atoms with Crippen LogP contribution in [0.4, 0.5) is 0 Å². The molecule has 0 saturated heterocycles. The first-order chi connectivity index (χ1) is 13.2. The molecule has 1 N–H and O–H groups in total. The van der Waals surface area contributed by atoms with Gasteiger partial charge in [-0.3, -0.25) is 0 Å². The van der Waals surface area contributed by atoms with E-state index < -0.39 is 7.14 Å². The van der Waals surface area contributed by atoms with Crippen molar-refractivity contribution in [2.75, 3.05) is 6.61 Å². The van der Waals surface area contributed by atoms with Crippen LogP contribution in [0.1, 0.15) is 5.56 Å². The predicted octanol–water partition coefficient (Wildman–Crippen LogP) is 4.01. The highest BCUT2D eigenvalue weighted by molar-refractivity contribution is 7.85. The second-order valence-corrected chi connectivity index (χ2v) is 9.31. The number of aliphatic hydroxyl groups excluding tert-OH is 1. The van der Waals surface area contributed by atoms with Crippen LogP contribution in [0.5, 0.6) is 0 Å². The van der Waals surface area contributed by atoms with Gasteiger partial charge in [0.1, 0.15) is 0 Å². The zero-order valence-corrected chi connectivity index (χ0v) is 15.8. The molecule has 3 heteroatoms. The smallest absolute Gasteiger partial charge is 0.171 e. The molecule has 0 aromatic heterocycles. The van der Waals surface area contributed by atoms with Crippen LogP contribution in [0, 0.1) is 0 Å². The highest BCUT2D eigenvalue weighted by Crippen LogP contribution is 2.44. The molecule has 0 spiro atoms. The Bertz CT molecular complexity index is 1120. The van der Waals surface area contributed by atoms with Crippen molar-refractivity contribution >= 4 is 33.8 Å². The minimum atomic E-state index is -3.06. The molecule has 0 radical (unpaired) electrons. The van der Waals surface area contributed by atoms with Crippen molar-refractivity contribution in [1.82, 2.24) is 0 Å². The summed E-state index contributed by atoms with van der Waals surface area (Å²) in [4.78, 5) is 0. The highest BCUT2D eigenvalue weighted by Gasteiger charge is 2.31. The van der Waals surface area contributed by atoms with Gasteiger partial charge in [0.2, 0.25) is 0 Å². The van der Waals surface area contributed by atoms with Gasteiger partial charge in [-0.15, -0.1) is 0 Å². The van der Waals surface area contributed by atoms with Crippen LogP contribution in [0.15, 0.2) is 97.1 Å². The fraction of sp³-hybridized carbons (Fsp3) is 0.0833. The molecule has 0 aliphatic rings. The van der Waals surface area contributed by atoms with Gasteiger partial charge in [0.25, 0.3) is 0 Å². The zero-order chi connectivity index (χ0) is 18.7. The first-order valence-electron chi connectivity index (χ1n) is 9.08. The van der Waals surface area contributed by atoms with Crippen molar-refractivity contribution in [3.05, 3.63) is 103 Å². The third kappa shape index (κ3) is 3.23. The van der Waals surface area contributed by atoms with Crippen LogP contribution >= 0.6 is 7.14 Å². The average Bonchev–Trinajstić information content (AvgIpc) is 2.74. The van der Waals surface area contributed by atoms with E-state index in [0.717, 1.165) is 32.2 Å². The molecular weight excluding hydrogens is 351 g/mol. The topological polar surface area (TPSA) is 37.3 Å². The summed E-state index contributed by atoms with van der Waals surface area (Å²) in [5.41, 5.74) is 0.931. The molecule has 27 heavy (non-hydrogen) atoms. The van der Waals surface area contributed by atoms with Gasteiger partial charge in [-0.1, -0.05) is 91.0 Å². The molecule has 0 amide bonds. The normalized spacial score (nSPS) is 13.4. The molecule has 4 aromatic rings. The Labute approximate surface area is 159 Å². The van der Waals surface area contributed by atoms with Crippen LogP contribution in [-0.4, -0.2) is 11.7 Å². The van der Waals surface area contributed by atoms with Gasteiger partial charge in [0.05, 0.1) is 0 Å². The van der Waals surface area contributed by atoms with E-state index in [-0.39, 0.29) is 6.61 Å². The summed E-state index contributed by atoms with van der Waals surface area (Å²) in [5.74, 6) is 0. The van der Waals surface area contributed by atoms with Crippen LogP contribution < -0.4 is 15.9 Å². The number of aliphatic hydroxyl groups is 1. The van der Waals surface area contributed by atoms with E-state index in [1.807, 2.05) is 91.0 Å². The van der Waals surface area contributed by atoms with Gasteiger partial charge in [-0.25, -0.2) is 0 Å². The summed E-state index contributed by atoms with van der Waals surface area (Å²) in [7, 11) is -3.06. The largest absolute Gasteiger partial charge is 0.396 e. The van der Waals surface area contributed by atoms with E-state index >= 15 is 0 Å². The van der Waals surface area contributed by atoms with Crippen molar-refractivity contribution in [2.45, 2.75) is 6.42 Å². The quantitative estimate of drug-likeness (QED) is 0.538. The SMILES string of the molecule is O=[P@@](c1ccccc1)(c1ccc2ccccc2c1)c1ccccc1CCO. The summed E-state index contributed by atoms with van der Waals surface area (Å²) in [5, 5.41) is 14.1. The average molecular weight is 372 g/mol. The lowest BCUT2D eigenvalue weighted by molar-refractivity contribution is 0.300. The van der Waals surface area contributed by atoms with Gasteiger partial charge >= 0.3 is 0 Å². The number of hydrogen-bond acceptors (Lipinski definition) is 2. The predicted molar refractivity (Wildman–Crippen MR) is 114 cm³/mol. The third-order valence-electron chi connectivity index (χ3n) is 4.93. The zero-order valence-electron chi connectivity index (χ0n) is 15.0. The Hall–Kier alpha value is -2.67. The van der Waals surface area contributed by atoms with Crippen LogP contribution in [0.3, 0.4) is 0 Å². The number of fused-ring (bicyclic) bond motifs is 1. The molecule has 0 aliphatic heterocycles. The summed E-state index contributed by atoms with van der Waals surface area (Å²) < 4.78 is 14.7. The summed E-state index contributed by atoms with van der Waals surface area (Å²) >= 11 is 0. The molecule has 134 valence electrons. The monoisotopic (exact) mass is 372 g/mol. The number of rotatable bonds is 5. The second-order valence-electron chi connectivity index (χ2n) is 6.58. The molecule has 0 saturated carbocycles. The number of benzene rings is 4. The van der Waals surface area contributed by atoms with Gasteiger partial charge in [0, 0.05) is 22.5 Å². The van der Waals surface area contributed by atoms with Crippen molar-refractivity contribution in [3.63, 3.8) is 0 Å². The minimum absolute atomic E-state index is 0.0313. The highest BCUT2D eigenvalue weighted by atomic mass is 31.2. The molecule has 0 unspecified atom stereocenters. The summed E-state index contributed by atoms with van der Waals surface area (Å²) in [6.07, 6.45) is 0.487. The Morgan fingerprint density at radius 3 is 2.11 bits per heavy atom. The summed E-state index contributed by atoms with van der Waals surface area (Å²) in [6.45, 7) is 0.0313. The van der Waals surface area contributed by atoms with E-state index in [9.17, 15) is 9.67 Å². The van der Waals surface area contributed by atoms with Crippen molar-refractivity contribution in [2.24, 2.45) is 0 Å². The van der Waals surface area contributed by atoms with Crippen molar-refractivity contribution < 1.29 is 9.67 Å². The standard InChI is InChI=1S/C24H21O2P/c25-17-16-20-9-6-7-13-24(20)27(26,22-11-2-1-3-12-22)23-15-14-19-8-4-5-10-21(19)18-23/h1-15,18,25H,16-17H2/t27-/m0/s1. The van der Waals surface area contributed by atoms with E-state index in [1.54, 1.807) is 0 Å². The molecule has 2 nitrogen and oxygen atoms in total. The molecule has 0 fully saturated rings. The molecule has 4 aromatic carbocycles. The first-order valence-corrected chi connectivity index (χ1v) is 10.8. The maximum absolute atomic E-state index is 14.7. The number of hydrogen-bond donors (Lipinski definition) is 1. The van der Waals surface area contributed by atoms with Gasteiger partial charge in [-0.2, -0.15) is 0 Å². The van der Waals surface area contributed by atoms with Gasteiger partial charge in [-0.05, 0) is 28.8 Å². The molecular formula is C24H21O2P. The second kappa shape index (κ2) is 7.52. The molecule has 0 bridgehead atoms. The summed E-state index contributed by atoms with van der Waals surface area (Å²) in [6, 6.07) is 31.6. The Kier molecular flexibility index (Phi) is 4.94. The van der Waals surface area contributed by atoms with Crippen LogP contribution in [0.2, 0.25) is 0 Å². The molecule has 1 atom stereocenters. The van der Waals surface area contributed by atoms with E-state index in [4.69, 9.17) is 0 Å². The van der Waals surface area contributed by atoms with Crippen molar-refractivity contribution in [1.29, 1.82) is 0 Å². The van der Waals surface area contributed by atoms with Gasteiger partial charge < -0.3 is 9.67 Å². The van der Waals surface area contributed by atoms with E-state index in [0.29, 0.717) is 6.42 Å². The fourth-order valence-electron chi connectivity index (χ4n) is 3.59. The molecule has 4 rings (SSSR count). The maximum Gasteiger partial charge on any atom is 0.171 e. The van der Waals surface area contributed by atoms with Crippen LogP contribution in [0.25, 0.3) is 10.8 Å². The Balaban J connectivity index is 2.01. The third-order valence-corrected chi connectivity index (χ3v) is 8.07. The Morgan fingerprint density at radius 2 is 1.33 bits per heavy atom. The minimum Gasteiger partial charge on any atom is -0.396 e.